The van der Waals surface area contributed by atoms with Crippen molar-refractivity contribution >= 4 is 23.6 Å². The van der Waals surface area contributed by atoms with Crippen molar-refractivity contribution in [2.45, 2.75) is 77.0 Å². The molecule has 0 aromatic carbocycles. The molecule has 0 unspecified atom stereocenters. The molecule has 1 heterocycles. The van der Waals surface area contributed by atoms with Crippen LogP contribution in [0.1, 0.15) is 76.4 Å². The fraction of sp³-hybridized carbons (Fsp3) is 0.800. The summed E-state index contributed by atoms with van der Waals surface area (Å²) < 4.78 is 6.86. The molecule has 1 aromatic rings. The van der Waals surface area contributed by atoms with Crippen molar-refractivity contribution in [1.82, 2.24) is 15.3 Å². The normalized spacial score (nSPS) is 16.2. The van der Waals surface area contributed by atoms with Crippen molar-refractivity contribution in [1.29, 1.82) is 0 Å². The number of nitrogens with zero attached hydrogens (tertiary/aromatic N) is 3. The van der Waals surface area contributed by atoms with Gasteiger partial charge < -0.3 is 9.32 Å². The van der Waals surface area contributed by atoms with Crippen LogP contribution < -0.4 is 10.00 Å². The van der Waals surface area contributed by atoms with Gasteiger partial charge in [0, 0.05) is 18.7 Å². The first-order valence-corrected chi connectivity index (χ1v) is 11.2. The first-order valence-electron chi connectivity index (χ1n) is 10.2. The number of thioether (sulfide) groups is 1. The van der Waals surface area contributed by atoms with Gasteiger partial charge in [-0.2, -0.15) is 4.79 Å². The van der Waals surface area contributed by atoms with Crippen molar-refractivity contribution in [2.24, 2.45) is 5.41 Å². The highest BCUT2D eigenvalue weighted by Gasteiger charge is 2.34. The Balaban J connectivity index is 2.16. The smallest absolute Gasteiger partial charge is 0.390 e. The molecule has 2 rings (SSSR count). The van der Waals surface area contributed by atoms with Crippen LogP contribution in [0.25, 0.3) is 0 Å². The molecule has 1 aliphatic rings. The predicted molar refractivity (Wildman–Crippen MR) is 110 cm³/mol. The molecule has 1 N–H and O–H groups in total. The van der Waals surface area contributed by atoms with Crippen molar-refractivity contribution < 1.29 is 18.7 Å². The van der Waals surface area contributed by atoms with E-state index in [1.54, 1.807) is 0 Å². The summed E-state index contributed by atoms with van der Waals surface area (Å²) in [6.45, 7) is 6.82. The quantitative estimate of drug-likeness (QED) is 0.320. The predicted octanol–water partition coefficient (Wildman–Crippen LogP) is 3.52. The lowest BCUT2D eigenvalue weighted by molar-refractivity contribution is -0.640. The molecule has 0 atom stereocenters. The van der Waals surface area contributed by atoms with E-state index in [-0.39, 0.29) is 29.2 Å². The van der Waals surface area contributed by atoms with Gasteiger partial charge in [-0.25, -0.2) is 5.32 Å². The van der Waals surface area contributed by atoms with Crippen LogP contribution in [-0.4, -0.2) is 54.2 Å². The molecule has 0 spiro atoms. The zero-order chi connectivity index (χ0) is 20.7. The standard InChI is InChI=1S/C20H34N4O3S/c1-20(2,3)14-16(25)17-24(22-19(27-17)28-13-12-23(4)5)18(26)21-15-10-8-6-7-9-11-15/h15H,6-14H2,1-5H3/p+1. The Morgan fingerprint density at radius 1 is 1.21 bits per heavy atom. The third-order valence-corrected chi connectivity index (χ3v) is 5.43. The number of carbonyl (C=O) groups is 2. The SMILES string of the molecule is CN(C)CCSc1n[n+](C(=O)NC2CCCCCC2)c(C(=O)CC(C)(C)C)o1. The molecule has 1 saturated carbocycles. The number of hydrogen-bond acceptors (Lipinski definition) is 6. The number of carbonyl (C=O) groups excluding carboxylic acids is 2. The molecule has 1 aliphatic carbocycles. The number of amides is 1. The Kier molecular flexibility index (Phi) is 8.49. The van der Waals surface area contributed by atoms with Crippen LogP contribution in [0.2, 0.25) is 0 Å². The van der Waals surface area contributed by atoms with Gasteiger partial charge in [-0.15, -0.1) is 0 Å². The monoisotopic (exact) mass is 411 g/mol. The number of Topliss-reactive ketones (excluding diaryl/α,β-unsaturated/α-hetero) is 1. The number of hydrogen-bond donors (Lipinski definition) is 1. The van der Waals surface area contributed by atoms with E-state index < -0.39 is 0 Å². The molecular formula is C20H35N4O3S+. The highest BCUT2D eigenvalue weighted by molar-refractivity contribution is 7.99. The zero-order valence-corrected chi connectivity index (χ0v) is 18.7. The minimum Gasteiger partial charge on any atom is -0.390 e. The van der Waals surface area contributed by atoms with Gasteiger partial charge in [-0.1, -0.05) is 45.4 Å². The van der Waals surface area contributed by atoms with Gasteiger partial charge in [-0.05, 0) is 55.0 Å². The number of rotatable bonds is 7. The van der Waals surface area contributed by atoms with Crippen LogP contribution in [0.5, 0.6) is 0 Å². The molecule has 0 radical (unpaired) electrons. The first kappa shape index (κ1) is 22.9. The number of aromatic nitrogens is 2. The second kappa shape index (κ2) is 10.4. The second-order valence-electron chi connectivity index (χ2n) is 9.04. The van der Waals surface area contributed by atoms with Crippen LogP contribution >= 0.6 is 11.8 Å². The van der Waals surface area contributed by atoms with E-state index in [0.29, 0.717) is 11.6 Å². The average molecular weight is 412 g/mol. The maximum Gasteiger partial charge on any atom is 0.520 e. The summed E-state index contributed by atoms with van der Waals surface area (Å²) in [5.74, 6) is 0.592. The molecule has 0 bridgehead atoms. The molecule has 28 heavy (non-hydrogen) atoms. The lowest BCUT2D eigenvalue weighted by atomic mass is 9.90. The summed E-state index contributed by atoms with van der Waals surface area (Å²) in [6.07, 6.45) is 6.91. The van der Waals surface area contributed by atoms with Crippen LogP contribution in [0.15, 0.2) is 9.64 Å². The fourth-order valence-corrected chi connectivity index (χ4v) is 4.08. The largest absolute Gasteiger partial charge is 0.520 e. The second-order valence-corrected chi connectivity index (χ2v) is 10.1. The molecule has 158 valence electrons. The zero-order valence-electron chi connectivity index (χ0n) is 17.9. The molecule has 8 heteroatoms. The molecule has 1 amide bonds. The van der Waals surface area contributed by atoms with E-state index in [1.165, 1.54) is 24.6 Å². The van der Waals surface area contributed by atoms with E-state index in [4.69, 9.17) is 4.42 Å². The first-order chi connectivity index (χ1) is 13.2. The van der Waals surface area contributed by atoms with Crippen molar-refractivity contribution in [3.05, 3.63) is 5.89 Å². The summed E-state index contributed by atoms with van der Waals surface area (Å²) in [4.78, 5) is 27.7. The molecule has 1 fully saturated rings. The number of ketones is 1. The topological polar surface area (TPSA) is 79.3 Å². The van der Waals surface area contributed by atoms with Gasteiger partial charge in [0.2, 0.25) is 5.78 Å². The van der Waals surface area contributed by atoms with Crippen molar-refractivity contribution in [2.75, 3.05) is 26.4 Å². The fourth-order valence-electron chi connectivity index (χ4n) is 3.18. The van der Waals surface area contributed by atoms with E-state index >= 15 is 0 Å². The van der Waals surface area contributed by atoms with Crippen LogP contribution in [0.4, 0.5) is 4.79 Å². The van der Waals surface area contributed by atoms with Crippen molar-refractivity contribution in [3.8, 4) is 0 Å². The molecule has 1 aromatic heterocycles. The van der Waals surface area contributed by atoms with Crippen molar-refractivity contribution in [3.63, 3.8) is 0 Å². The number of nitrogens with one attached hydrogen (secondary N) is 1. The Morgan fingerprint density at radius 3 is 2.43 bits per heavy atom. The van der Waals surface area contributed by atoms with E-state index in [2.05, 4.69) is 15.3 Å². The van der Waals surface area contributed by atoms with Gasteiger partial charge in [-0.3, -0.25) is 4.79 Å². The Labute approximate surface area is 172 Å². The average Bonchev–Trinajstić information content (AvgIpc) is 2.84. The third-order valence-electron chi connectivity index (χ3n) is 4.63. The van der Waals surface area contributed by atoms with Gasteiger partial charge in [0.1, 0.15) is 0 Å². The third kappa shape index (κ3) is 7.54. The molecule has 0 aliphatic heterocycles. The van der Waals surface area contributed by atoms with E-state index in [9.17, 15) is 9.59 Å². The Morgan fingerprint density at radius 2 is 1.86 bits per heavy atom. The van der Waals surface area contributed by atoms with Crippen LogP contribution in [-0.2, 0) is 0 Å². The summed E-state index contributed by atoms with van der Waals surface area (Å²) in [6, 6.07) is -0.234. The lowest BCUT2D eigenvalue weighted by Gasteiger charge is -2.15. The maximum atomic E-state index is 12.9. The van der Waals surface area contributed by atoms with Gasteiger partial charge in [0.15, 0.2) is 0 Å². The van der Waals surface area contributed by atoms with Crippen LogP contribution in [0.3, 0.4) is 0 Å². The molecule has 0 saturated heterocycles. The maximum absolute atomic E-state index is 12.9. The summed E-state index contributed by atoms with van der Waals surface area (Å²) in [7, 11) is 3.99. The minimum absolute atomic E-state index is 0.0217. The van der Waals surface area contributed by atoms with E-state index in [0.717, 1.165) is 42.7 Å². The van der Waals surface area contributed by atoms with Crippen LogP contribution in [0, 0.1) is 5.41 Å². The summed E-state index contributed by atoms with van der Waals surface area (Å²) in [5, 5.41) is 7.72. The highest BCUT2D eigenvalue weighted by Crippen LogP contribution is 2.23. The molecule has 7 nitrogen and oxygen atoms in total. The molecular weight excluding hydrogens is 376 g/mol. The highest BCUT2D eigenvalue weighted by atomic mass is 32.2. The van der Waals surface area contributed by atoms with E-state index in [1.807, 2.05) is 34.9 Å². The summed E-state index contributed by atoms with van der Waals surface area (Å²) >= 11 is 1.41. The Hall–Kier alpha value is -1.41. The lowest BCUT2D eigenvalue weighted by Crippen LogP contribution is -2.57. The Bertz CT molecular complexity index is 659. The van der Waals surface area contributed by atoms with Gasteiger partial charge >= 0.3 is 11.9 Å². The van der Waals surface area contributed by atoms with Gasteiger partial charge in [0.05, 0.1) is 6.04 Å². The summed E-state index contributed by atoms with van der Waals surface area (Å²) in [5.41, 5.74) is -0.197. The van der Waals surface area contributed by atoms with Gasteiger partial charge in [0.25, 0.3) is 5.22 Å². The minimum atomic E-state index is -0.368.